The molecule has 3 aromatic rings. The summed E-state index contributed by atoms with van der Waals surface area (Å²) >= 11 is 6.21. The molecule has 0 aliphatic carbocycles. The van der Waals surface area contributed by atoms with E-state index in [2.05, 4.69) is 10.1 Å². The van der Waals surface area contributed by atoms with Gasteiger partial charge in [-0.05, 0) is 18.2 Å². The second-order valence-electron chi connectivity index (χ2n) is 4.02. The maximum absolute atomic E-state index is 10.8. The van der Waals surface area contributed by atoms with Gasteiger partial charge in [-0.2, -0.15) is 0 Å². The van der Waals surface area contributed by atoms with Crippen molar-refractivity contribution in [3.8, 4) is 17.0 Å². The Morgan fingerprint density at radius 1 is 1.35 bits per heavy atom. The van der Waals surface area contributed by atoms with Crippen molar-refractivity contribution in [3.63, 3.8) is 0 Å². The van der Waals surface area contributed by atoms with Crippen LogP contribution in [-0.4, -0.2) is 25.8 Å². The standard InChI is InChI=1S/C13H8ClN3O3/c14-9-5-8(12-6-10(13(18)19)16-20-12)1-2-11(9)17-4-3-15-7-17/h1-7H,(H,18,19). The van der Waals surface area contributed by atoms with Gasteiger partial charge in [-0.1, -0.05) is 16.8 Å². The molecule has 1 N–H and O–H groups in total. The molecule has 6 nitrogen and oxygen atoms in total. The monoisotopic (exact) mass is 289 g/mol. The predicted octanol–water partition coefficient (Wildman–Crippen LogP) is 2.88. The highest BCUT2D eigenvalue weighted by atomic mass is 35.5. The zero-order chi connectivity index (χ0) is 14.1. The van der Waals surface area contributed by atoms with Crippen LogP contribution in [0.4, 0.5) is 0 Å². The third-order valence-electron chi connectivity index (χ3n) is 2.74. The van der Waals surface area contributed by atoms with Crippen molar-refractivity contribution >= 4 is 17.6 Å². The molecular weight excluding hydrogens is 282 g/mol. The normalized spacial score (nSPS) is 10.7. The summed E-state index contributed by atoms with van der Waals surface area (Å²) in [5.74, 6) is -0.789. The Hall–Kier alpha value is -2.60. The second kappa shape index (κ2) is 4.82. The number of carboxylic acids is 1. The first kappa shape index (κ1) is 12.4. The highest BCUT2D eigenvalue weighted by Crippen LogP contribution is 2.28. The topological polar surface area (TPSA) is 81.1 Å². The van der Waals surface area contributed by atoms with Gasteiger partial charge in [0.05, 0.1) is 17.0 Å². The predicted molar refractivity (Wildman–Crippen MR) is 71.0 cm³/mol. The summed E-state index contributed by atoms with van der Waals surface area (Å²) in [6.07, 6.45) is 5.07. The van der Waals surface area contributed by atoms with Crippen LogP contribution in [0.2, 0.25) is 5.02 Å². The lowest BCUT2D eigenvalue weighted by Crippen LogP contribution is -1.94. The van der Waals surface area contributed by atoms with E-state index in [1.54, 1.807) is 41.5 Å². The summed E-state index contributed by atoms with van der Waals surface area (Å²) in [5, 5.41) is 12.8. The van der Waals surface area contributed by atoms with Crippen molar-refractivity contribution in [2.24, 2.45) is 0 Å². The van der Waals surface area contributed by atoms with E-state index >= 15 is 0 Å². The van der Waals surface area contributed by atoms with Crippen LogP contribution < -0.4 is 0 Å². The number of carbonyl (C=O) groups is 1. The molecule has 0 saturated heterocycles. The molecule has 0 radical (unpaired) electrons. The molecule has 2 heterocycles. The van der Waals surface area contributed by atoms with Gasteiger partial charge in [-0.15, -0.1) is 0 Å². The SMILES string of the molecule is O=C(O)c1cc(-c2ccc(-n3ccnc3)c(Cl)c2)on1. The maximum Gasteiger partial charge on any atom is 0.358 e. The van der Waals surface area contributed by atoms with Gasteiger partial charge in [0.25, 0.3) is 0 Å². The average molecular weight is 290 g/mol. The molecule has 3 rings (SSSR count). The molecule has 0 bridgehead atoms. The van der Waals surface area contributed by atoms with E-state index in [0.717, 1.165) is 5.69 Å². The Balaban J connectivity index is 1.99. The van der Waals surface area contributed by atoms with Crippen LogP contribution in [0.5, 0.6) is 0 Å². The average Bonchev–Trinajstić information content (AvgIpc) is 3.10. The highest BCUT2D eigenvalue weighted by Gasteiger charge is 2.13. The number of hydrogen-bond acceptors (Lipinski definition) is 4. The molecule has 0 amide bonds. The van der Waals surface area contributed by atoms with Crippen LogP contribution in [0.3, 0.4) is 0 Å². The fourth-order valence-corrected chi connectivity index (χ4v) is 2.06. The van der Waals surface area contributed by atoms with Gasteiger partial charge in [-0.25, -0.2) is 9.78 Å². The lowest BCUT2D eigenvalue weighted by atomic mass is 10.1. The molecule has 2 aromatic heterocycles. The number of benzene rings is 1. The third-order valence-corrected chi connectivity index (χ3v) is 3.05. The van der Waals surface area contributed by atoms with Crippen molar-refractivity contribution < 1.29 is 14.4 Å². The fraction of sp³-hybridized carbons (Fsp3) is 0. The van der Waals surface area contributed by atoms with E-state index in [1.165, 1.54) is 6.07 Å². The van der Waals surface area contributed by atoms with Crippen LogP contribution in [0.15, 0.2) is 47.5 Å². The maximum atomic E-state index is 10.8. The summed E-state index contributed by atoms with van der Waals surface area (Å²) in [6.45, 7) is 0. The first-order valence-corrected chi connectivity index (χ1v) is 6.01. The highest BCUT2D eigenvalue weighted by molar-refractivity contribution is 6.32. The molecule has 0 fully saturated rings. The van der Waals surface area contributed by atoms with Crippen LogP contribution in [0, 0.1) is 0 Å². The Morgan fingerprint density at radius 2 is 2.20 bits per heavy atom. The number of halogens is 1. The van der Waals surface area contributed by atoms with Gasteiger partial charge >= 0.3 is 5.97 Å². The first-order chi connectivity index (χ1) is 9.65. The third kappa shape index (κ3) is 2.17. The zero-order valence-electron chi connectivity index (χ0n) is 10.0. The van der Waals surface area contributed by atoms with Crippen molar-refractivity contribution in [2.45, 2.75) is 0 Å². The van der Waals surface area contributed by atoms with Gasteiger partial charge in [0.2, 0.25) is 0 Å². The van der Waals surface area contributed by atoms with Gasteiger partial charge < -0.3 is 14.2 Å². The van der Waals surface area contributed by atoms with Crippen LogP contribution in [0.25, 0.3) is 17.0 Å². The van der Waals surface area contributed by atoms with E-state index < -0.39 is 5.97 Å². The summed E-state index contributed by atoms with van der Waals surface area (Å²) in [7, 11) is 0. The lowest BCUT2D eigenvalue weighted by molar-refractivity contribution is 0.0686. The molecule has 0 saturated carbocycles. The van der Waals surface area contributed by atoms with E-state index in [-0.39, 0.29) is 5.69 Å². The fourth-order valence-electron chi connectivity index (χ4n) is 1.78. The zero-order valence-corrected chi connectivity index (χ0v) is 10.8. The molecule has 0 aliphatic heterocycles. The summed E-state index contributed by atoms with van der Waals surface area (Å²) in [4.78, 5) is 14.7. The first-order valence-electron chi connectivity index (χ1n) is 5.63. The van der Waals surface area contributed by atoms with Crippen molar-refractivity contribution in [1.82, 2.24) is 14.7 Å². The van der Waals surface area contributed by atoms with Crippen molar-refractivity contribution in [2.75, 3.05) is 0 Å². The second-order valence-corrected chi connectivity index (χ2v) is 4.42. The number of nitrogens with zero attached hydrogens (tertiary/aromatic N) is 3. The molecular formula is C13H8ClN3O3. The molecule has 0 aliphatic rings. The number of carboxylic acid groups (broad SMARTS) is 1. The number of aromatic carboxylic acids is 1. The Kier molecular flexibility index (Phi) is 3.00. The summed E-state index contributed by atoms with van der Waals surface area (Å²) in [5.41, 5.74) is 1.28. The Bertz CT molecular complexity index is 765. The molecule has 0 atom stereocenters. The Morgan fingerprint density at radius 3 is 2.80 bits per heavy atom. The summed E-state index contributed by atoms with van der Waals surface area (Å²) < 4.78 is 6.76. The van der Waals surface area contributed by atoms with E-state index in [9.17, 15) is 4.79 Å². The van der Waals surface area contributed by atoms with Gasteiger partial charge in [-0.3, -0.25) is 0 Å². The van der Waals surface area contributed by atoms with Gasteiger partial charge in [0, 0.05) is 24.0 Å². The van der Waals surface area contributed by atoms with E-state index in [1.807, 2.05) is 0 Å². The minimum Gasteiger partial charge on any atom is -0.476 e. The van der Waals surface area contributed by atoms with E-state index in [4.69, 9.17) is 21.2 Å². The quantitative estimate of drug-likeness (QED) is 0.802. The minimum atomic E-state index is -1.14. The Labute approximate surface area is 118 Å². The largest absolute Gasteiger partial charge is 0.476 e. The number of hydrogen-bond donors (Lipinski definition) is 1. The molecule has 7 heteroatoms. The molecule has 0 unspecified atom stereocenters. The number of imidazole rings is 1. The molecule has 0 spiro atoms. The van der Waals surface area contributed by atoms with Crippen LogP contribution >= 0.6 is 11.6 Å². The number of rotatable bonds is 3. The summed E-state index contributed by atoms with van der Waals surface area (Å²) in [6, 6.07) is 6.60. The van der Waals surface area contributed by atoms with Gasteiger partial charge in [0.1, 0.15) is 0 Å². The lowest BCUT2D eigenvalue weighted by Gasteiger charge is -2.05. The minimum absolute atomic E-state index is 0.144. The molecule has 100 valence electrons. The van der Waals surface area contributed by atoms with Crippen molar-refractivity contribution in [1.29, 1.82) is 0 Å². The van der Waals surface area contributed by atoms with E-state index in [0.29, 0.717) is 16.3 Å². The van der Waals surface area contributed by atoms with Crippen LogP contribution in [-0.2, 0) is 0 Å². The smallest absolute Gasteiger partial charge is 0.358 e. The van der Waals surface area contributed by atoms with Crippen molar-refractivity contribution in [3.05, 3.63) is 53.7 Å². The number of aromatic nitrogens is 3. The van der Waals surface area contributed by atoms with Crippen LogP contribution in [0.1, 0.15) is 10.5 Å². The van der Waals surface area contributed by atoms with Gasteiger partial charge in [0.15, 0.2) is 11.5 Å². The molecule has 20 heavy (non-hydrogen) atoms. The molecule has 1 aromatic carbocycles.